The third kappa shape index (κ3) is 3.07. The third-order valence-corrected chi connectivity index (χ3v) is 4.21. The summed E-state index contributed by atoms with van der Waals surface area (Å²) in [6, 6.07) is 4.75. The molecule has 19 heavy (non-hydrogen) atoms. The van der Waals surface area contributed by atoms with Crippen LogP contribution in [0.1, 0.15) is 50.1 Å². The number of hydrogen-bond donors (Lipinski definition) is 1. The maximum absolute atomic E-state index is 9.30. The first-order valence-corrected chi connectivity index (χ1v) is 7.16. The molecule has 2 rings (SSSR count). The molecule has 1 fully saturated rings. The van der Waals surface area contributed by atoms with Crippen molar-refractivity contribution in [2.45, 2.75) is 53.0 Å². The summed E-state index contributed by atoms with van der Waals surface area (Å²) in [7, 11) is 0. The number of aromatic nitrogens is 1. The molecule has 0 amide bonds. The molecular formula is C16H23N3. The standard InChI is InChI=1S/C16H23N3/c1-10-5-6-15(11(2)7-10)19-16-8-12(3)18-13(4)14(16)9-17/h8,10-11,15H,5-7H2,1-4H3,(H,18,19). The van der Waals surface area contributed by atoms with Crippen LogP contribution in [0.25, 0.3) is 0 Å². The van der Waals surface area contributed by atoms with Crippen molar-refractivity contribution in [1.82, 2.24) is 4.98 Å². The van der Waals surface area contributed by atoms with E-state index in [-0.39, 0.29) is 0 Å². The summed E-state index contributed by atoms with van der Waals surface area (Å²) in [6.07, 6.45) is 3.73. The van der Waals surface area contributed by atoms with Gasteiger partial charge in [-0.15, -0.1) is 0 Å². The quantitative estimate of drug-likeness (QED) is 0.876. The van der Waals surface area contributed by atoms with Crippen LogP contribution in [0.15, 0.2) is 6.07 Å². The van der Waals surface area contributed by atoms with E-state index in [0.717, 1.165) is 23.0 Å². The third-order valence-electron chi connectivity index (χ3n) is 4.21. The Labute approximate surface area is 116 Å². The second kappa shape index (κ2) is 5.61. The molecule has 0 aromatic carbocycles. The van der Waals surface area contributed by atoms with E-state index in [2.05, 4.69) is 30.2 Å². The maximum atomic E-state index is 9.30. The number of pyridine rings is 1. The first kappa shape index (κ1) is 13.9. The highest BCUT2D eigenvalue weighted by Gasteiger charge is 2.26. The number of aryl methyl sites for hydroxylation is 2. The van der Waals surface area contributed by atoms with Crippen molar-refractivity contribution in [2.24, 2.45) is 11.8 Å². The summed E-state index contributed by atoms with van der Waals surface area (Å²) >= 11 is 0. The van der Waals surface area contributed by atoms with E-state index >= 15 is 0 Å². The van der Waals surface area contributed by atoms with Crippen molar-refractivity contribution >= 4 is 5.69 Å². The molecule has 1 aromatic heterocycles. The molecule has 3 heteroatoms. The van der Waals surface area contributed by atoms with Crippen LogP contribution in [-0.2, 0) is 0 Å². The number of nitrogens with zero attached hydrogens (tertiary/aromatic N) is 2. The second-order valence-electron chi connectivity index (χ2n) is 6.03. The first-order chi connectivity index (χ1) is 9.01. The number of nitrogens with one attached hydrogen (secondary N) is 1. The zero-order valence-electron chi connectivity index (χ0n) is 12.3. The maximum Gasteiger partial charge on any atom is 0.103 e. The summed E-state index contributed by atoms with van der Waals surface area (Å²) in [5.41, 5.74) is 3.44. The molecule has 0 saturated heterocycles. The molecule has 0 bridgehead atoms. The van der Waals surface area contributed by atoms with Crippen LogP contribution < -0.4 is 5.32 Å². The average molecular weight is 257 g/mol. The highest BCUT2D eigenvalue weighted by atomic mass is 14.9. The van der Waals surface area contributed by atoms with Gasteiger partial charge in [0.2, 0.25) is 0 Å². The van der Waals surface area contributed by atoms with Gasteiger partial charge in [-0.1, -0.05) is 13.8 Å². The van der Waals surface area contributed by atoms with Crippen LogP contribution in [0.3, 0.4) is 0 Å². The lowest BCUT2D eigenvalue weighted by atomic mass is 9.79. The van der Waals surface area contributed by atoms with Crippen molar-refractivity contribution in [3.8, 4) is 6.07 Å². The molecule has 1 saturated carbocycles. The minimum atomic E-state index is 0.476. The van der Waals surface area contributed by atoms with Crippen molar-refractivity contribution in [1.29, 1.82) is 5.26 Å². The van der Waals surface area contributed by atoms with Crippen molar-refractivity contribution in [3.05, 3.63) is 23.0 Å². The van der Waals surface area contributed by atoms with Crippen molar-refractivity contribution in [3.63, 3.8) is 0 Å². The highest BCUT2D eigenvalue weighted by molar-refractivity contribution is 5.60. The summed E-state index contributed by atoms with van der Waals surface area (Å²) in [4.78, 5) is 4.37. The van der Waals surface area contributed by atoms with Gasteiger partial charge in [0, 0.05) is 11.7 Å². The molecule has 1 N–H and O–H groups in total. The van der Waals surface area contributed by atoms with E-state index in [1.54, 1.807) is 0 Å². The molecular weight excluding hydrogens is 234 g/mol. The Balaban J connectivity index is 2.22. The fourth-order valence-corrected chi connectivity index (χ4v) is 3.16. The van der Waals surface area contributed by atoms with Gasteiger partial charge in [0.25, 0.3) is 0 Å². The van der Waals surface area contributed by atoms with Gasteiger partial charge in [-0.25, -0.2) is 0 Å². The van der Waals surface area contributed by atoms with Gasteiger partial charge in [-0.3, -0.25) is 4.98 Å². The monoisotopic (exact) mass is 257 g/mol. The molecule has 3 unspecified atom stereocenters. The SMILES string of the molecule is Cc1cc(NC2CCC(C)CC2C)c(C#N)c(C)n1. The van der Waals surface area contributed by atoms with Gasteiger partial charge in [0.1, 0.15) is 6.07 Å². The number of anilines is 1. The molecule has 0 aliphatic heterocycles. The fraction of sp³-hybridized carbons (Fsp3) is 0.625. The predicted octanol–water partition coefficient (Wildman–Crippen LogP) is 3.81. The summed E-state index contributed by atoms with van der Waals surface area (Å²) < 4.78 is 0. The summed E-state index contributed by atoms with van der Waals surface area (Å²) in [6.45, 7) is 8.52. The second-order valence-corrected chi connectivity index (χ2v) is 6.03. The van der Waals surface area contributed by atoms with E-state index < -0.39 is 0 Å². The Morgan fingerprint density at radius 1 is 1.32 bits per heavy atom. The number of nitriles is 1. The van der Waals surface area contributed by atoms with E-state index in [1.165, 1.54) is 19.3 Å². The Morgan fingerprint density at radius 3 is 2.68 bits per heavy atom. The first-order valence-electron chi connectivity index (χ1n) is 7.16. The zero-order chi connectivity index (χ0) is 14.0. The van der Waals surface area contributed by atoms with Crippen LogP contribution >= 0.6 is 0 Å². The van der Waals surface area contributed by atoms with Crippen molar-refractivity contribution < 1.29 is 0 Å². The molecule has 3 nitrogen and oxygen atoms in total. The highest BCUT2D eigenvalue weighted by Crippen LogP contribution is 2.31. The predicted molar refractivity (Wildman–Crippen MR) is 78.0 cm³/mol. The molecule has 1 heterocycles. The lowest BCUT2D eigenvalue weighted by molar-refractivity contribution is 0.276. The minimum Gasteiger partial charge on any atom is -0.381 e. The van der Waals surface area contributed by atoms with E-state index in [1.807, 2.05) is 19.9 Å². The zero-order valence-corrected chi connectivity index (χ0v) is 12.3. The largest absolute Gasteiger partial charge is 0.381 e. The van der Waals surface area contributed by atoms with E-state index in [0.29, 0.717) is 17.5 Å². The van der Waals surface area contributed by atoms with Crippen LogP contribution in [0, 0.1) is 37.0 Å². The minimum absolute atomic E-state index is 0.476. The van der Waals surface area contributed by atoms with E-state index in [9.17, 15) is 5.26 Å². The molecule has 3 atom stereocenters. The van der Waals surface area contributed by atoms with E-state index in [4.69, 9.17) is 0 Å². The van der Waals surface area contributed by atoms with Crippen LogP contribution in [0.4, 0.5) is 5.69 Å². The summed E-state index contributed by atoms with van der Waals surface area (Å²) in [5, 5.41) is 12.9. The average Bonchev–Trinajstić information content (AvgIpc) is 2.32. The Bertz CT molecular complexity index is 501. The lowest BCUT2D eigenvalue weighted by Crippen LogP contribution is -2.33. The van der Waals surface area contributed by atoms with Gasteiger partial charge in [-0.05, 0) is 51.0 Å². The Hall–Kier alpha value is -1.56. The van der Waals surface area contributed by atoms with Gasteiger partial charge < -0.3 is 5.32 Å². The topological polar surface area (TPSA) is 48.7 Å². The molecule has 0 radical (unpaired) electrons. The van der Waals surface area contributed by atoms with Gasteiger partial charge in [0.15, 0.2) is 0 Å². The normalized spacial score (nSPS) is 26.8. The summed E-state index contributed by atoms with van der Waals surface area (Å²) in [5.74, 6) is 1.48. The van der Waals surface area contributed by atoms with Crippen LogP contribution in [0.2, 0.25) is 0 Å². The lowest BCUT2D eigenvalue weighted by Gasteiger charge is -2.34. The Kier molecular flexibility index (Phi) is 4.09. The Morgan fingerprint density at radius 2 is 2.05 bits per heavy atom. The molecule has 1 aliphatic rings. The van der Waals surface area contributed by atoms with Crippen LogP contribution in [0.5, 0.6) is 0 Å². The number of hydrogen-bond acceptors (Lipinski definition) is 3. The van der Waals surface area contributed by atoms with Gasteiger partial charge in [0.05, 0.1) is 16.9 Å². The molecule has 0 spiro atoms. The molecule has 1 aromatic rings. The molecule has 102 valence electrons. The van der Waals surface area contributed by atoms with Gasteiger partial charge >= 0.3 is 0 Å². The number of rotatable bonds is 2. The smallest absolute Gasteiger partial charge is 0.103 e. The van der Waals surface area contributed by atoms with Gasteiger partial charge in [-0.2, -0.15) is 5.26 Å². The van der Waals surface area contributed by atoms with Crippen LogP contribution in [-0.4, -0.2) is 11.0 Å². The fourth-order valence-electron chi connectivity index (χ4n) is 3.16. The molecule has 1 aliphatic carbocycles. The van der Waals surface area contributed by atoms with Crippen molar-refractivity contribution in [2.75, 3.05) is 5.32 Å².